The molecule has 0 saturated heterocycles. The molecular formula is C19H14N4O4. The highest BCUT2D eigenvalue weighted by Crippen LogP contribution is 2.24. The molecule has 0 saturated carbocycles. The zero-order valence-corrected chi connectivity index (χ0v) is 14.0. The first-order valence-electron chi connectivity index (χ1n) is 8.17. The third kappa shape index (κ3) is 3.04. The third-order valence-corrected chi connectivity index (χ3v) is 4.35. The van der Waals surface area contributed by atoms with Gasteiger partial charge in [-0.2, -0.15) is 0 Å². The third-order valence-electron chi connectivity index (χ3n) is 4.35. The summed E-state index contributed by atoms with van der Waals surface area (Å²) >= 11 is 0. The smallest absolute Gasteiger partial charge is 0.292 e. The number of H-pyrrole nitrogens is 2. The molecule has 0 spiro atoms. The number of fused-ring (bicyclic) bond motifs is 2. The van der Waals surface area contributed by atoms with Gasteiger partial charge in [-0.1, -0.05) is 18.2 Å². The molecular weight excluding hydrogens is 348 g/mol. The van der Waals surface area contributed by atoms with Crippen LogP contribution >= 0.6 is 0 Å². The van der Waals surface area contributed by atoms with E-state index in [9.17, 15) is 19.7 Å². The van der Waals surface area contributed by atoms with Gasteiger partial charge in [-0.05, 0) is 23.6 Å². The van der Waals surface area contributed by atoms with Crippen molar-refractivity contribution in [1.82, 2.24) is 15.3 Å². The van der Waals surface area contributed by atoms with Gasteiger partial charge in [-0.25, -0.2) is 0 Å². The lowest BCUT2D eigenvalue weighted by Gasteiger charge is -2.02. The molecule has 2 aromatic heterocycles. The van der Waals surface area contributed by atoms with E-state index in [1.54, 1.807) is 0 Å². The second-order valence-corrected chi connectivity index (χ2v) is 6.08. The van der Waals surface area contributed by atoms with Crippen LogP contribution in [-0.4, -0.2) is 26.6 Å². The van der Waals surface area contributed by atoms with Gasteiger partial charge in [-0.15, -0.1) is 0 Å². The number of rotatable bonds is 5. The molecule has 4 aromatic rings. The highest BCUT2D eigenvalue weighted by Gasteiger charge is 2.21. The number of non-ortho nitro benzene ring substituents is 1. The van der Waals surface area contributed by atoms with Crippen LogP contribution in [0.25, 0.3) is 21.8 Å². The topological polar surface area (TPSA) is 121 Å². The number of aromatic nitrogens is 2. The Hall–Kier alpha value is -3.94. The molecule has 2 aromatic carbocycles. The van der Waals surface area contributed by atoms with Gasteiger partial charge in [0.15, 0.2) is 0 Å². The van der Waals surface area contributed by atoms with E-state index >= 15 is 0 Å². The molecule has 8 nitrogen and oxygen atoms in total. The number of amides is 1. The minimum Gasteiger partial charge on any atom is -0.360 e. The van der Waals surface area contributed by atoms with Crippen LogP contribution in [0.5, 0.6) is 0 Å². The fraction of sp³-hybridized carbons (Fsp3) is 0.0526. The van der Waals surface area contributed by atoms with Crippen molar-refractivity contribution < 1.29 is 14.5 Å². The van der Waals surface area contributed by atoms with E-state index in [4.69, 9.17) is 0 Å². The Morgan fingerprint density at radius 2 is 1.89 bits per heavy atom. The molecule has 0 bridgehead atoms. The van der Waals surface area contributed by atoms with Gasteiger partial charge < -0.3 is 15.3 Å². The molecule has 0 unspecified atom stereocenters. The summed E-state index contributed by atoms with van der Waals surface area (Å²) in [5.41, 5.74) is 2.22. The molecule has 0 atom stereocenters. The first-order chi connectivity index (χ1) is 13.0. The first-order valence-corrected chi connectivity index (χ1v) is 8.17. The predicted molar refractivity (Wildman–Crippen MR) is 99.4 cm³/mol. The molecule has 4 rings (SSSR count). The molecule has 0 fully saturated rings. The molecule has 3 N–H and O–H groups in total. The number of carbonyl (C=O) groups is 2. The second kappa shape index (κ2) is 6.41. The molecule has 0 aliphatic rings. The van der Waals surface area contributed by atoms with E-state index in [0.29, 0.717) is 10.9 Å². The summed E-state index contributed by atoms with van der Waals surface area (Å²) < 4.78 is 0. The Labute approximate surface area is 152 Å². The number of nitro groups is 1. The summed E-state index contributed by atoms with van der Waals surface area (Å²) in [6.07, 6.45) is 1.39. The van der Waals surface area contributed by atoms with Crippen molar-refractivity contribution in [3.63, 3.8) is 0 Å². The lowest BCUT2D eigenvalue weighted by Crippen LogP contribution is -2.30. The van der Waals surface area contributed by atoms with Crippen molar-refractivity contribution in [1.29, 1.82) is 0 Å². The average molecular weight is 362 g/mol. The summed E-state index contributed by atoms with van der Waals surface area (Å²) in [7, 11) is 0. The number of Topliss-reactive ketones (excluding diaryl/α,β-unsaturated/α-hetero) is 1. The van der Waals surface area contributed by atoms with Crippen LogP contribution in [0.4, 0.5) is 5.69 Å². The maximum Gasteiger partial charge on any atom is 0.292 e. The van der Waals surface area contributed by atoms with Crippen LogP contribution in [-0.2, 0) is 11.3 Å². The predicted octanol–water partition coefficient (Wildman–Crippen LogP) is 3.06. The summed E-state index contributed by atoms with van der Waals surface area (Å²) in [5, 5.41) is 14.9. The van der Waals surface area contributed by atoms with Gasteiger partial charge in [0.1, 0.15) is 0 Å². The summed E-state index contributed by atoms with van der Waals surface area (Å²) in [4.78, 5) is 41.2. The fourth-order valence-electron chi connectivity index (χ4n) is 3.02. The normalized spacial score (nSPS) is 11.0. The lowest BCUT2D eigenvalue weighted by atomic mass is 10.1. The molecule has 0 radical (unpaired) electrons. The Balaban J connectivity index is 1.53. The van der Waals surface area contributed by atoms with E-state index in [-0.39, 0.29) is 17.8 Å². The Morgan fingerprint density at radius 1 is 1.07 bits per heavy atom. The quantitative estimate of drug-likeness (QED) is 0.219. The molecule has 8 heteroatoms. The number of nitrogens with one attached hydrogen (secondary N) is 3. The number of para-hydroxylation sites is 1. The van der Waals surface area contributed by atoms with E-state index in [1.165, 1.54) is 24.4 Å². The molecule has 27 heavy (non-hydrogen) atoms. The van der Waals surface area contributed by atoms with Gasteiger partial charge in [0.2, 0.25) is 0 Å². The van der Waals surface area contributed by atoms with Crippen molar-refractivity contribution in [2.45, 2.75) is 6.54 Å². The number of aromatic amines is 2. The van der Waals surface area contributed by atoms with Crippen molar-refractivity contribution in [2.24, 2.45) is 0 Å². The Bertz CT molecular complexity index is 1170. The van der Waals surface area contributed by atoms with Gasteiger partial charge in [0.25, 0.3) is 17.4 Å². The van der Waals surface area contributed by atoms with E-state index in [2.05, 4.69) is 15.3 Å². The summed E-state index contributed by atoms with van der Waals surface area (Å²) in [6, 6.07) is 13.7. The Kier molecular flexibility index (Phi) is 3.92. The summed E-state index contributed by atoms with van der Waals surface area (Å²) in [5.74, 6) is -1.53. The molecule has 134 valence electrons. The zero-order valence-electron chi connectivity index (χ0n) is 14.0. The number of nitrogens with zero attached hydrogens (tertiary/aromatic N) is 1. The van der Waals surface area contributed by atoms with Crippen LogP contribution in [0.15, 0.2) is 54.7 Å². The highest BCUT2D eigenvalue weighted by molar-refractivity contribution is 6.45. The van der Waals surface area contributed by atoms with Gasteiger partial charge in [-0.3, -0.25) is 19.7 Å². The summed E-state index contributed by atoms with van der Waals surface area (Å²) in [6.45, 7) is 0.168. The maximum atomic E-state index is 12.5. The molecule has 1 amide bonds. The molecule has 2 heterocycles. The second-order valence-electron chi connectivity index (χ2n) is 6.08. The fourth-order valence-corrected chi connectivity index (χ4v) is 3.02. The lowest BCUT2D eigenvalue weighted by molar-refractivity contribution is -0.384. The van der Waals surface area contributed by atoms with Crippen molar-refractivity contribution >= 4 is 39.2 Å². The number of nitro benzene ring substituents is 1. The van der Waals surface area contributed by atoms with Crippen LogP contribution < -0.4 is 5.32 Å². The van der Waals surface area contributed by atoms with Crippen LogP contribution in [0.3, 0.4) is 0 Å². The van der Waals surface area contributed by atoms with Crippen molar-refractivity contribution in [3.8, 4) is 0 Å². The Morgan fingerprint density at radius 3 is 2.67 bits per heavy atom. The number of hydrogen-bond donors (Lipinski definition) is 3. The van der Waals surface area contributed by atoms with Crippen LogP contribution in [0.1, 0.15) is 16.1 Å². The standard InChI is InChI=1S/C19H14N4O4/c24-18(15-10-20-17-6-5-13(23(26)27)8-14(15)17)19(25)21-9-12-7-11-3-1-2-4-16(11)22-12/h1-8,10,20,22H,9H2,(H,21,25). The van der Waals surface area contributed by atoms with Crippen LogP contribution in [0, 0.1) is 10.1 Å². The minimum atomic E-state index is -0.777. The van der Waals surface area contributed by atoms with E-state index in [1.807, 2.05) is 30.3 Å². The molecule has 0 aliphatic heterocycles. The highest BCUT2D eigenvalue weighted by atomic mass is 16.6. The SMILES string of the molecule is O=C(NCc1cc2ccccc2[nH]1)C(=O)c1c[nH]c2ccc([N+](=O)[O-])cc12. The minimum absolute atomic E-state index is 0.0999. The van der Waals surface area contributed by atoms with Gasteiger partial charge >= 0.3 is 0 Å². The largest absolute Gasteiger partial charge is 0.360 e. The van der Waals surface area contributed by atoms with Crippen LogP contribution in [0.2, 0.25) is 0 Å². The van der Waals surface area contributed by atoms with E-state index in [0.717, 1.165) is 16.6 Å². The van der Waals surface area contributed by atoms with Gasteiger partial charge in [0.05, 0.1) is 17.0 Å². The van der Waals surface area contributed by atoms with E-state index < -0.39 is 16.6 Å². The average Bonchev–Trinajstić information content (AvgIpc) is 3.28. The number of carbonyl (C=O) groups excluding carboxylic acids is 2. The zero-order chi connectivity index (χ0) is 19.0. The number of ketones is 1. The maximum absolute atomic E-state index is 12.5. The van der Waals surface area contributed by atoms with Gasteiger partial charge in [0, 0.05) is 40.4 Å². The monoisotopic (exact) mass is 362 g/mol. The first kappa shape index (κ1) is 16.5. The number of benzene rings is 2. The van der Waals surface area contributed by atoms with Crippen molar-refractivity contribution in [3.05, 3.63) is 76.1 Å². The number of hydrogen-bond acceptors (Lipinski definition) is 4. The molecule has 0 aliphatic carbocycles. The van der Waals surface area contributed by atoms with Crippen molar-refractivity contribution in [2.75, 3.05) is 0 Å².